The van der Waals surface area contributed by atoms with Gasteiger partial charge in [0.25, 0.3) is 0 Å². The predicted octanol–water partition coefficient (Wildman–Crippen LogP) is -0.0619. The minimum Gasteiger partial charge on any atom is -0.479 e. The molecule has 0 aromatic heterocycles. The standard InChI is InChI=1S/C19H36N4O2S.C4H6O6/c1-16(18(24)22-12-10-21(2)11-13-22)20-19(25)23(14-15-26)9-8-17-6-4-3-5-7-17;5-1(3(7)8)2(6)4(9)10/h16-17,26H,3-15H2,1-2H3,(H,20,25);1-2,5-6H,(H,7,8)(H,9,10)/t16-;1-,2-/m01/s1. The Labute approximate surface area is 218 Å². The van der Waals surface area contributed by atoms with Gasteiger partial charge in [0.15, 0.2) is 12.2 Å². The Bertz CT molecular complexity index is 696. The van der Waals surface area contributed by atoms with E-state index in [0.717, 1.165) is 45.1 Å². The molecular weight excluding hydrogens is 492 g/mol. The third-order valence-corrected chi connectivity index (χ3v) is 6.72. The average Bonchev–Trinajstić information content (AvgIpc) is 2.86. The number of urea groups is 1. The van der Waals surface area contributed by atoms with E-state index < -0.39 is 30.2 Å². The minimum absolute atomic E-state index is 0.0181. The molecule has 1 saturated heterocycles. The lowest BCUT2D eigenvalue weighted by molar-refractivity contribution is -0.165. The van der Waals surface area contributed by atoms with Gasteiger partial charge in [0, 0.05) is 45.0 Å². The summed E-state index contributed by atoms with van der Waals surface area (Å²) in [6.45, 7) is 6.41. The number of carbonyl (C=O) groups is 4. The number of nitrogens with one attached hydrogen (secondary N) is 1. The molecule has 12 nitrogen and oxygen atoms in total. The number of aliphatic hydroxyl groups is 2. The molecule has 0 aromatic rings. The van der Waals surface area contributed by atoms with Gasteiger partial charge in [0.2, 0.25) is 5.91 Å². The number of carboxylic acids is 2. The smallest absolute Gasteiger partial charge is 0.335 e. The van der Waals surface area contributed by atoms with Gasteiger partial charge in [-0.15, -0.1) is 0 Å². The number of rotatable bonds is 10. The Balaban J connectivity index is 0.000000548. The van der Waals surface area contributed by atoms with Crippen LogP contribution < -0.4 is 5.32 Å². The van der Waals surface area contributed by atoms with Crippen LogP contribution in [0.5, 0.6) is 0 Å². The molecule has 0 radical (unpaired) electrons. The normalized spacial score (nSPS) is 19.3. The maximum absolute atomic E-state index is 12.7. The number of aliphatic hydroxyl groups excluding tert-OH is 2. The van der Waals surface area contributed by atoms with Crippen molar-refractivity contribution < 1.29 is 39.6 Å². The van der Waals surface area contributed by atoms with Crippen LogP contribution in [0.25, 0.3) is 0 Å². The predicted molar refractivity (Wildman–Crippen MR) is 136 cm³/mol. The van der Waals surface area contributed by atoms with E-state index in [2.05, 4.69) is 29.9 Å². The molecule has 5 N–H and O–H groups in total. The van der Waals surface area contributed by atoms with Crippen LogP contribution in [0.3, 0.4) is 0 Å². The van der Waals surface area contributed by atoms with Gasteiger partial charge in [0.05, 0.1) is 0 Å². The Hall–Kier alpha value is -2.09. The fraction of sp³-hybridized carbons (Fsp3) is 0.826. The third-order valence-electron chi connectivity index (χ3n) is 6.52. The monoisotopic (exact) mass is 534 g/mol. The molecule has 208 valence electrons. The first kappa shape index (κ1) is 31.9. The number of thiol groups is 1. The Morgan fingerprint density at radius 1 is 0.944 bits per heavy atom. The molecule has 3 amide bonds. The maximum Gasteiger partial charge on any atom is 0.335 e. The molecule has 0 spiro atoms. The van der Waals surface area contributed by atoms with Crippen LogP contribution >= 0.6 is 12.6 Å². The molecule has 13 heteroatoms. The number of likely N-dealkylation sites (N-methyl/N-ethyl adjacent to an activating group) is 1. The lowest BCUT2D eigenvalue weighted by atomic mass is 9.87. The summed E-state index contributed by atoms with van der Waals surface area (Å²) in [5, 5.41) is 35.4. The molecule has 2 rings (SSSR count). The molecule has 1 aliphatic carbocycles. The first-order valence-electron chi connectivity index (χ1n) is 12.4. The Morgan fingerprint density at radius 3 is 1.94 bits per heavy atom. The SMILES string of the molecule is C[C@H](NC(=O)N(CCS)CCC1CCCCC1)C(=O)N1CCN(C)CC1.O=C(O)[C@H](O)[C@@H](O)C(=O)O. The lowest BCUT2D eigenvalue weighted by Gasteiger charge is -2.34. The van der Waals surface area contributed by atoms with Crippen LogP contribution in [0.4, 0.5) is 4.79 Å². The Kier molecular flexibility index (Phi) is 14.7. The molecule has 0 unspecified atom stereocenters. The highest BCUT2D eigenvalue weighted by molar-refractivity contribution is 7.80. The van der Waals surface area contributed by atoms with Gasteiger partial charge < -0.3 is 40.4 Å². The summed E-state index contributed by atoms with van der Waals surface area (Å²) in [5.41, 5.74) is 0. The lowest BCUT2D eigenvalue weighted by Crippen LogP contribution is -2.55. The molecule has 0 aromatic carbocycles. The molecule has 0 bridgehead atoms. The summed E-state index contributed by atoms with van der Waals surface area (Å²) in [7, 11) is 2.06. The Morgan fingerprint density at radius 2 is 1.47 bits per heavy atom. The van der Waals surface area contributed by atoms with Gasteiger partial charge in [0.1, 0.15) is 6.04 Å². The first-order chi connectivity index (χ1) is 17.0. The number of hydrogen-bond donors (Lipinski definition) is 6. The van der Waals surface area contributed by atoms with Gasteiger partial charge in [-0.1, -0.05) is 32.1 Å². The van der Waals surface area contributed by atoms with Crippen LogP contribution in [0.1, 0.15) is 45.4 Å². The van der Waals surface area contributed by atoms with Crippen molar-refractivity contribution in [2.75, 3.05) is 52.1 Å². The number of aliphatic carboxylic acids is 2. The number of hydrogen-bond acceptors (Lipinski definition) is 8. The number of carboxylic acid groups (broad SMARTS) is 2. The van der Waals surface area contributed by atoms with E-state index in [1.807, 2.05) is 9.80 Å². The van der Waals surface area contributed by atoms with Crippen LogP contribution in [0, 0.1) is 5.92 Å². The average molecular weight is 535 g/mol. The van der Waals surface area contributed by atoms with Crippen molar-refractivity contribution in [3.63, 3.8) is 0 Å². The van der Waals surface area contributed by atoms with Gasteiger partial charge in [-0.2, -0.15) is 12.6 Å². The number of piperazine rings is 1. The molecule has 3 atom stereocenters. The van der Waals surface area contributed by atoms with Crippen molar-refractivity contribution in [3.05, 3.63) is 0 Å². The van der Waals surface area contributed by atoms with E-state index in [1.165, 1.54) is 32.1 Å². The van der Waals surface area contributed by atoms with E-state index >= 15 is 0 Å². The van der Waals surface area contributed by atoms with Crippen molar-refractivity contribution in [2.45, 2.75) is 63.7 Å². The summed E-state index contributed by atoms with van der Waals surface area (Å²) in [4.78, 5) is 50.7. The summed E-state index contributed by atoms with van der Waals surface area (Å²) < 4.78 is 0. The topological polar surface area (TPSA) is 171 Å². The fourth-order valence-electron chi connectivity index (χ4n) is 4.16. The van der Waals surface area contributed by atoms with Crippen molar-refractivity contribution in [1.82, 2.24) is 20.0 Å². The largest absolute Gasteiger partial charge is 0.479 e. The number of nitrogens with zero attached hydrogens (tertiary/aromatic N) is 3. The van der Waals surface area contributed by atoms with Gasteiger partial charge in [-0.25, -0.2) is 14.4 Å². The summed E-state index contributed by atoms with van der Waals surface area (Å²) >= 11 is 4.30. The summed E-state index contributed by atoms with van der Waals surface area (Å²) in [6.07, 6.45) is 3.09. The second kappa shape index (κ2) is 16.6. The molecule has 2 fully saturated rings. The molecule has 1 heterocycles. The summed E-state index contributed by atoms with van der Waals surface area (Å²) in [6, 6.07) is -0.618. The van der Waals surface area contributed by atoms with Gasteiger partial charge >= 0.3 is 18.0 Å². The second-order valence-electron chi connectivity index (χ2n) is 9.37. The minimum atomic E-state index is -2.27. The van der Waals surface area contributed by atoms with Crippen LogP contribution in [0.2, 0.25) is 0 Å². The fourth-order valence-corrected chi connectivity index (χ4v) is 4.40. The van der Waals surface area contributed by atoms with E-state index in [1.54, 1.807) is 6.92 Å². The van der Waals surface area contributed by atoms with Crippen molar-refractivity contribution in [3.8, 4) is 0 Å². The van der Waals surface area contributed by atoms with Crippen LogP contribution in [-0.4, -0.2) is 129 Å². The quantitative estimate of drug-likeness (QED) is 0.210. The summed E-state index contributed by atoms with van der Waals surface area (Å²) in [5.74, 6) is -2.14. The van der Waals surface area contributed by atoms with Crippen molar-refractivity contribution in [1.29, 1.82) is 0 Å². The number of carbonyl (C=O) groups excluding carboxylic acids is 2. The zero-order valence-corrected chi connectivity index (χ0v) is 22.1. The highest BCUT2D eigenvalue weighted by atomic mass is 32.1. The van der Waals surface area contributed by atoms with Gasteiger partial charge in [-0.3, -0.25) is 4.79 Å². The zero-order valence-electron chi connectivity index (χ0n) is 21.2. The molecular formula is C23H42N4O8S. The highest BCUT2D eigenvalue weighted by Crippen LogP contribution is 2.26. The van der Waals surface area contributed by atoms with Crippen molar-refractivity contribution >= 4 is 36.5 Å². The highest BCUT2D eigenvalue weighted by Gasteiger charge is 2.29. The van der Waals surface area contributed by atoms with Gasteiger partial charge in [-0.05, 0) is 26.3 Å². The first-order valence-corrected chi connectivity index (χ1v) is 13.1. The maximum atomic E-state index is 12.7. The zero-order chi connectivity index (χ0) is 27.3. The molecule has 1 saturated carbocycles. The van der Waals surface area contributed by atoms with E-state index in [0.29, 0.717) is 12.3 Å². The van der Waals surface area contributed by atoms with E-state index in [4.69, 9.17) is 20.4 Å². The molecule has 36 heavy (non-hydrogen) atoms. The van der Waals surface area contributed by atoms with Crippen molar-refractivity contribution in [2.24, 2.45) is 5.92 Å². The number of amides is 3. The van der Waals surface area contributed by atoms with Crippen LogP contribution in [-0.2, 0) is 14.4 Å². The van der Waals surface area contributed by atoms with E-state index in [9.17, 15) is 19.2 Å². The molecule has 2 aliphatic rings. The third kappa shape index (κ3) is 11.3. The van der Waals surface area contributed by atoms with E-state index in [-0.39, 0.29) is 11.9 Å². The second-order valence-corrected chi connectivity index (χ2v) is 9.82. The molecule has 1 aliphatic heterocycles. The van der Waals surface area contributed by atoms with Crippen LogP contribution in [0.15, 0.2) is 0 Å².